The molecule has 6 nitrogen and oxygen atoms in total. The number of hydrogen-bond donors (Lipinski definition) is 2. The molecule has 0 aromatic heterocycles. The predicted molar refractivity (Wildman–Crippen MR) is 93.4 cm³/mol. The van der Waals surface area contributed by atoms with Crippen LogP contribution >= 0.6 is 0 Å². The molecule has 2 amide bonds. The maximum Gasteiger partial charge on any atom is 0.258 e. The van der Waals surface area contributed by atoms with Gasteiger partial charge in [-0.05, 0) is 23.8 Å². The van der Waals surface area contributed by atoms with Crippen molar-refractivity contribution in [2.45, 2.75) is 5.92 Å². The minimum Gasteiger partial charge on any atom is -0.496 e. The fraction of sp³-hybridized carbons (Fsp3) is 0.263. The Morgan fingerprint density at radius 3 is 2.48 bits per heavy atom. The van der Waals surface area contributed by atoms with Crippen LogP contribution in [-0.4, -0.2) is 39.1 Å². The molecule has 2 N–H and O–H groups in total. The van der Waals surface area contributed by atoms with Gasteiger partial charge in [0, 0.05) is 24.6 Å². The number of fused-ring (bicyclic) bond motifs is 1. The molecule has 3 rings (SSSR count). The lowest BCUT2D eigenvalue weighted by Crippen LogP contribution is -2.40. The van der Waals surface area contributed by atoms with Crippen molar-refractivity contribution in [1.82, 2.24) is 10.6 Å². The monoisotopic (exact) mass is 340 g/mol. The van der Waals surface area contributed by atoms with E-state index in [4.69, 9.17) is 9.47 Å². The smallest absolute Gasteiger partial charge is 0.258 e. The lowest BCUT2D eigenvalue weighted by molar-refractivity contribution is 0.0934. The number of amides is 2. The first kappa shape index (κ1) is 16.8. The van der Waals surface area contributed by atoms with E-state index in [-0.39, 0.29) is 17.7 Å². The third-order valence-electron chi connectivity index (χ3n) is 4.32. The van der Waals surface area contributed by atoms with Crippen LogP contribution in [0.2, 0.25) is 0 Å². The highest BCUT2D eigenvalue weighted by atomic mass is 16.5. The zero-order valence-corrected chi connectivity index (χ0v) is 14.2. The van der Waals surface area contributed by atoms with E-state index in [1.807, 2.05) is 18.2 Å². The fourth-order valence-electron chi connectivity index (χ4n) is 3.04. The van der Waals surface area contributed by atoms with Gasteiger partial charge in [0.1, 0.15) is 17.1 Å². The maximum absolute atomic E-state index is 12.7. The molecule has 1 atom stereocenters. The first-order chi connectivity index (χ1) is 12.2. The Bertz CT molecular complexity index is 782. The molecule has 6 heteroatoms. The van der Waals surface area contributed by atoms with Gasteiger partial charge in [0.15, 0.2) is 0 Å². The quantitative estimate of drug-likeness (QED) is 0.872. The molecule has 0 radical (unpaired) electrons. The molecule has 2 aromatic carbocycles. The van der Waals surface area contributed by atoms with Gasteiger partial charge in [-0.3, -0.25) is 9.59 Å². The van der Waals surface area contributed by atoms with E-state index >= 15 is 0 Å². The van der Waals surface area contributed by atoms with Crippen molar-refractivity contribution in [3.63, 3.8) is 0 Å². The van der Waals surface area contributed by atoms with Gasteiger partial charge in [-0.25, -0.2) is 0 Å². The number of ether oxygens (including phenoxy) is 2. The molecule has 0 saturated heterocycles. The number of carbonyl (C=O) groups is 2. The maximum atomic E-state index is 12.7. The van der Waals surface area contributed by atoms with Crippen molar-refractivity contribution in [1.29, 1.82) is 0 Å². The normalized spacial score (nSPS) is 15.8. The Hall–Kier alpha value is -3.02. The summed E-state index contributed by atoms with van der Waals surface area (Å²) in [6, 6.07) is 12.6. The standard InChI is InChI=1S/C19H20N2O4/c1-24-15-8-5-9-16(25-2)17(15)19(23)21-11-12-10-20-18(22)14-7-4-3-6-13(12)14/h3-9,12H,10-11H2,1-2H3,(H,20,22)(H,21,23). The second-order valence-electron chi connectivity index (χ2n) is 5.74. The van der Waals surface area contributed by atoms with Crippen LogP contribution in [-0.2, 0) is 0 Å². The van der Waals surface area contributed by atoms with Crippen LogP contribution in [0.4, 0.5) is 0 Å². The Morgan fingerprint density at radius 1 is 1.12 bits per heavy atom. The van der Waals surface area contributed by atoms with Crippen LogP contribution < -0.4 is 20.1 Å². The third-order valence-corrected chi connectivity index (χ3v) is 4.32. The van der Waals surface area contributed by atoms with Gasteiger partial charge in [0.05, 0.1) is 14.2 Å². The van der Waals surface area contributed by atoms with Crippen LogP contribution in [0, 0.1) is 0 Å². The molecule has 0 saturated carbocycles. The summed E-state index contributed by atoms with van der Waals surface area (Å²) in [6.45, 7) is 0.885. The number of benzene rings is 2. The Kier molecular flexibility index (Phi) is 4.88. The van der Waals surface area contributed by atoms with Gasteiger partial charge < -0.3 is 20.1 Å². The van der Waals surface area contributed by atoms with E-state index in [1.54, 1.807) is 24.3 Å². The van der Waals surface area contributed by atoms with Crippen LogP contribution in [0.1, 0.15) is 32.2 Å². The van der Waals surface area contributed by atoms with Crippen LogP contribution in [0.15, 0.2) is 42.5 Å². The Balaban J connectivity index is 1.78. The molecule has 0 bridgehead atoms. The third kappa shape index (κ3) is 3.28. The Morgan fingerprint density at radius 2 is 1.80 bits per heavy atom. The van der Waals surface area contributed by atoms with Crippen molar-refractivity contribution in [2.75, 3.05) is 27.3 Å². The average molecular weight is 340 g/mol. The summed E-state index contributed by atoms with van der Waals surface area (Å²) in [5, 5.41) is 5.78. The van der Waals surface area contributed by atoms with E-state index < -0.39 is 0 Å². The second-order valence-corrected chi connectivity index (χ2v) is 5.74. The van der Waals surface area contributed by atoms with Gasteiger partial charge in [0.2, 0.25) is 0 Å². The van der Waals surface area contributed by atoms with Gasteiger partial charge in [-0.15, -0.1) is 0 Å². The Labute approximate surface area is 146 Å². The van der Waals surface area contributed by atoms with Gasteiger partial charge in [-0.2, -0.15) is 0 Å². The number of rotatable bonds is 5. The van der Waals surface area contributed by atoms with Gasteiger partial charge >= 0.3 is 0 Å². The largest absolute Gasteiger partial charge is 0.496 e. The highest BCUT2D eigenvalue weighted by Crippen LogP contribution is 2.28. The lowest BCUT2D eigenvalue weighted by atomic mass is 9.90. The molecule has 2 aromatic rings. The number of nitrogens with one attached hydrogen (secondary N) is 2. The number of hydrogen-bond acceptors (Lipinski definition) is 4. The summed E-state index contributed by atoms with van der Waals surface area (Å²) in [4.78, 5) is 24.6. The molecular weight excluding hydrogens is 320 g/mol. The van der Waals surface area contributed by atoms with Gasteiger partial charge in [-0.1, -0.05) is 24.3 Å². The zero-order chi connectivity index (χ0) is 17.8. The number of carbonyl (C=O) groups excluding carboxylic acids is 2. The predicted octanol–water partition coefficient (Wildman–Crippen LogP) is 1.96. The summed E-state index contributed by atoms with van der Waals surface area (Å²) in [7, 11) is 3.02. The second kappa shape index (κ2) is 7.25. The van der Waals surface area contributed by atoms with Crippen LogP contribution in [0.5, 0.6) is 11.5 Å². The van der Waals surface area contributed by atoms with Crippen molar-refractivity contribution in [3.05, 3.63) is 59.2 Å². The molecule has 0 aliphatic carbocycles. The summed E-state index contributed by atoms with van der Waals surface area (Å²) in [6.07, 6.45) is 0. The van der Waals surface area contributed by atoms with E-state index in [0.717, 1.165) is 5.56 Å². The minimum absolute atomic E-state index is 0.0125. The van der Waals surface area contributed by atoms with Crippen LogP contribution in [0.25, 0.3) is 0 Å². The first-order valence-electron chi connectivity index (χ1n) is 8.02. The summed E-state index contributed by atoms with van der Waals surface area (Å²) >= 11 is 0. The van der Waals surface area contributed by atoms with E-state index in [2.05, 4.69) is 10.6 Å². The van der Waals surface area contributed by atoms with Crippen LogP contribution in [0.3, 0.4) is 0 Å². The zero-order valence-electron chi connectivity index (χ0n) is 14.2. The highest BCUT2D eigenvalue weighted by molar-refractivity contribution is 6.00. The molecule has 1 heterocycles. The summed E-state index contributed by atoms with van der Waals surface area (Å²) in [5.74, 6) is 0.565. The molecule has 1 aliphatic heterocycles. The minimum atomic E-state index is -0.274. The molecule has 0 spiro atoms. The molecule has 130 valence electrons. The van der Waals surface area contributed by atoms with Crippen molar-refractivity contribution < 1.29 is 19.1 Å². The lowest BCUT2D eigenvalue weighted by Gasteiger charge is -2.26. The van der Waals surface area contributed by atoms with Crippen molar-refractivity contribution in [2.24, 2.45) is 0 Å². The summed E-state index contributed by atoms with van der Waals surface area (Å²) in [5.41, 5.74) is 1.96. The number of methoxy groups -OCH3 is 2. The van der Waals surface area contributed by atoms with Crippen molar-refractivity contribution in [3.8, 4) is 11.5 Å². The molecular formula is C19H20N2O4. The van der Waals surface area contributed by atoms with E-state index in [0.29, 0.717) is 35.7 Å². The molecule has 1 aliphatic rings. The van der Waals surface area contributed by atoms with Crippen molar-refractivity contribution >= 4 is 11.8 Å². The first-order valence-corrected chi connectivity index (χ1v) is 8.02. The average Bonchev–Trinajstić information content (AvgIpc) is 2.66. The van der Waals surface area contributed by atoms with Gasteiger partial charge in [0.25, 0.3) is 11.8 Å². The topological polar surface area (TPSA) is 76.7 Å². The molecule has 0 fully saturated rings. The summed E-state index contributed by atoms with van der Waals surface area (Å²) < 4.78 is 10.5. The van der Waals surface area contributed by atoms with E-state index in [1.165, 1.54) is 14.2 Å². The SMILES string of the molecule is COc1cccc(OC)c1C(=O)NCC1CNC(=O)c2ccccc21. The molecule has 25 heavy (non-hydrogen) atoms. The molecule has 1 unspecified atom stereocenters. The van der Waals surface area contributed by atoms with E-state index in [9.17, 15) is 9.59 Å². The highest BCUT2D eigenvalue weighted by Gasteiger charge is 2.26. The fourth-order valence-corrected chi connectivity index (χ4v) is 3.04.